The fourth-order valence-corrected chi connectivity index (χ4v) is 4.48. The van der Waals surface area contributed by atoms with E-state index in [1.165, 1.54) is 36.0 Å². The molecule has 2 heterocycles. The number of benzene rings is 2. The first-order chi connectivity index (χ1) is 15.4. The lowest BCUT2D eigenvalue weighted by Crippen LogP contribution is -2.36. The number of carbonyl (C=O) groups excluding carboxylic acids is 3. The van der Waals surface area contributed by atoms with Crippen LogP contribution in [-0.2, 0) is 9.59 Å². The summed E-state index contributed by atoms with van der Waals surface area (Å²) in [5, 5.41) is 3.13. The van der Waals surface area contributed by atoms with E-state index in [-0.39, 0.29) is 10.6 Å². The molecule has 0 unspecified atom stereocenters. The second kappa shape index (κ2) is 9.64. The maximum Gasteiger partial charge on any atom is 0.294 e. The normalized spacial score (nSPS) is 14.9. The van der Waals surface area contributed by atoms with Crippen molar-refractivity contribution in [3.05, 3.63) is 82.2 Å². The molecule has 32 heavy (non-hydrogen) atoms. The Kier molecular flexibility index (Phi) is 6.69. The van der Waals surface area contributed by atoms with Crippen molar-refractivity contribution < 1.29 is 23.2 Å². The van der Waals surface area contributed by atoms with E-state index in [2.05, 4.69) is 5.32 Å². The Hall–Kier alpha value is -3.01. The van der Waals surface area contributed by atoms with Crippen LogP contribution in [0, 0.1) is 5.82 Å². The minimum absolute atomic E-state index is 0.144. The van der Waals surface area contributed by atoms with E-state index in [0.29, 0.717) is 15.9 Å². The van der Waals surface area contributed by atoms with Gasteiger partial charge < -0.3 is 9.73 Å². The van der Waals surface area contributed by atoms with Gasteiger partial charge in [-0.2, -0.15) is 0 Å². The van der Waals surface area contributed by atoms with Crippen molar-refractivity contribution in [2.24, 2.45) is 0 Å². The van der Waals surface area contributed by atoms with Crippen molar-refractivity contribution in [2.45, 2.75) is 9.99 Å². The van der Waals surface area contributed by atoms with Gasteiger partial charge in [0.15, 0.2) is 5.09 Å². The van der Waals surface area contributed by atoms with Gasteiger partial charge in [0.2, 0.25) is 5.91 Å². The van der Waals surface area contributed by atoms with Gasteiger partial charge in [0.1, 0.15) is 18.1 Å². The number of imide groups is 1. The topological polar surface area (TPSA) is 79.6 Å². The van der Waals surface area contributed by atoms with E-state index < -0.39 is 29.4 Å². The molecule has 0 radical (unpaired) electrons. The van der Waals surface area contributed by atoms with Crippen LogP contribution in [0.25, 0.3) is 6.08 Å². The molecule has 3 amide bonds. The van der Waals surface area contributed by atoms with E-state index >= 15 is 0 Å². The SMILES string of the molecule is O=C(CN1C(=O)S/C(=C/c2ccc(Sc3ccc(Cl)cc3)o2)C1=O)Nc1cccc(F)c1. The summed E-state index contributed by atoms with van der Waals surface area (Å²) in [7, 11) is 0. The fourth-order valence-electron chi connectivity index (χ4n) is 2.76. The second-order valence-electron chi connectivity index (χ2n) is 6.54. The predicted molar refractivity (Wildman–Crippen MR) is 122 cm³/mol. The first-order valence-corrected chi connectivity index (χ1v) is 11.2. The summed E-state index contributed by atoms with van der Waals surface area (Å²) in [5.74, 6) is -1.32. The maximum absolute atomic E-state index is 13.2. The van der Waals surface area contributed by atoms with Gasteiger partial charge in [0.05, 0.1) is 4.91 Å². The third-order valence-electron chi connectivity index (χ3n) is 4.19. The second-order valence-corrected chi connectivity index (χ2v) is 9.05. The van der Waals surface area contributed by atoms with E-state index in [1.807, 2.05) is 12.1 Å². The van der Waals surface area contributed by atoms with Crippen molar-refractivity contribution in [3.8, 4) is 0 Å². The molecule has 6 nitrogen and oxygen atoms in total. The van der Waals surface area contributed by atoms with Gasteiger partial charge in [-0.3, -0.25) is 19.3 Å². The summed E-state index contributed by atoms with van der Waals surface area (Å²) < 4.78 is 19.0. The highest BCUT2D eigenvalue weighted by molar-refractivity contribution is 8.18. The van der Waals surface area contributed by atoms with Gasteiger partial charge in [0, 0.05) is 21.7 Å². The van der Waals surface area contributed by atoms with Crippen LogP contribution < -0.4 is 5.32 Å². The molecule has 1 aliphatic heterocycles. The first kappa shape index (κ1) is 22.2. The predicted octanol–water partition coefficient (Wildman–Crippen LogP) is 5.90. The Morgan fingerprint density at radius 3 is 2.69 bits per heavy atom. The zero-order valence-electron chi connectivity index (χ0n) is 16.2. The summed E-state index contributed by atoms with van der Waals surface area (Å²) >= 11 is 7.99. The standard InChI is InChI=1S/C22H14ClFN2O4S2/c23-13-4-7-17(8-5-13)31-20-9-6-16(30-20)11-18-21(28)26(22(29)32-18)12-19(27)25-15-3-1-2-14(24)10-15/h1-11H,12H2,(H,25,27)/b18-11+. The molecule has 1 saturated heterocycles. The van der Waals surface area contributed by atoms with Crippen LogP contribution in [0.5, 0.6) is 0 Å². The van der Waals surface area contributed by atoms with Crippen LogP contribution in [0.1, 0.15) is 5.76 Å². The van der Waals surface area contributed by atoms with Crippen molar-refractivity contribution in [2.75, 3.05) is 11.9 Å². The number of halogens is 2. The molecule has 0 aliphatic carbocycles. The number of thioether (sulfide) groups is 1. The third-order valence-corrected chi connectivity index (χ3v) is 6.28. The van der Waals surface area contributed by atoms with Gasteiger partial charge in [-0.1, -0.05) is 29.4 Å². The number of furan rings is 1. The van der Waals surface area contributed by atoms with Crippen LogP contribution in [0.15, 0.2) is 80.0 Å². The molecule has 3 aromatic rings. The lowest BCUT2D eigenvalue weighted by molar-refractivity contribution is -0.127. The molecule has 1 aliphatic rings. The number of amides is 3. The number of carbonyl (C=O) groups is 3. The molecule has 0 bridgehead atoms. The summed E-state index contributed by atoms with van der Waals surface area (Å²) in [6.07, 6.45) is 1.46. The third kappa shape index (κ3) is 5.42. The Morgan fingerprint density at radius 2 is 1.94 bits per heavy atom. The van der Waals surface area contributed by atoms with Crippen LogP contribution in [0.2, 0.25) is 5.02 Å². The van der Waals surface area contributed by atoms with E-state index in [9.17, 15) is 18.8 Å². The highest BCUT2D eigenvalue weighted by Gasteiger charge is 2.36. The Balaban J connectivity index is 1.40. The van der Waals surface area contributed by atoms with Gasteiger partial charge in [-0.05, 0) is 66.4 Å². The van der Waals surface area contributed by atoms with E-state index in [0.717, 1.165) is 27.6 Å². The zero-order chi connectivity index (χ0) is 22.7. The van der Waals surface area contributed by atoms with Gasteiger partial charge in [0.25, 0.3) is 11.1 Å². The number of nitrogens with zero attached hydrogens (tertiary/aromatic N) is 1. The van der Waals surface area contributed by atoms with E-state index in [1.54, 1.807) is 24.3 Å². The minimum Gasteiger partial charge on any atom is -0.450 e. The Labute approximate surface area is 195 Å². The Morgan fingerprint density at radius 1 is 1.16 bits per heavy atom. The summed E-state index contributed by atoms with van der Waals surface area (Å²) in [5.41, 5.74) is 0.235. The number of hydrogen-bond donors (Lipinski definition) is 1. The lowest BCUT2D eigenvalue weighted by Gasteiger charge is -2.12. The van der Waals surface area contributed by atoms with E-state index in [4.69, 9.17) is 16.0 Å². The molecule has 162 valence electrons. The molecule has 1 aromatic heterocycles. The molecule has 10 heteroatoms. The summed E-state index contributed by atoms with van der Waals surface area (Å²) in [6.45, 7) is -0.478. The molecule has 0 saturated carbocycles. The molecule has 1 fully saturated rings. The number of anilines is 1. The molecular weight excluding hydrogens is 475 g/mol. The Bertz CT molecular complexity index is 1230. The zero-order valence-corrected chi connectivity index (χ0v) is 18.6. The molecular formula is C22H14ClFN2O4S2. The van der Waals surface area contributed by atoms with Crippen molar-refractivity contribution in [3.63, 3.8) is 0 Å². The fraction of sp³-hybridized carbons (Fsp3) is 0.0455. The number of hydrogen-bond acceptors (Lipinski definition) is 6. The highest BCUT2D eigenvalue weighted by Crippen LogP contribution is 2.34. The van der Waals surface area contributed by atoms with Crippen molar-refractivity contribution >= 4 is 63.9 Å². The van der Waals surface area contributed by atoms with Gasteiger partial charge in [-0.15, -0.1) is 0 Å². The minimum atomic E-state index is -0.612. The quantitative estimate of drug-likeness (QED) is 0.435. The van der Waals surface area contributed by atoms with Crippen molar-refractivity contribution in [1.29, 1.82) is 0 Å². The largest absolute Gasteiger partial charge is 0.450 e. The van der Waals surface area contributed by atoms with Crippen LogP contribution in [0.4, 0.5) is 14.9 Å². The van der Waals surface area contributed by atoms with Crippen LogP contribution in [0.3, 0.4) is 0 Å². The molecule has 2 aromatic carbocycles. The van der Waals surface area contributed by atoms with Gasteiger partial charge in [-0.25, -0.2) is 4.39 Å². The lowest BCUT2D eigenvalue weighted by atomic mass is 10.3. The summed E-state index contributed by atoms with van der Waals surface area (Å²) in [4.78, 5) is 39.0. The van der Waals surface area contributed by atoms with Crippen LogP contribution >= 0.6 is 35.1 Å². The highest BCUT2D eigenvalue weighted by atomic mass is 35.5. The number of rotatable bonds is 6. The molecule has 1 N–H and O–H groups in total. The maximum atomic E-state index is 13.2. The smallest absolute Gasteiger partial charge is 0.294 e. The number of nitrogens with one attached hydrogen (secondary N) is 1. The average molecular weight is 489 g/mol. The van der Waals surface area contributed by atoms with Gasteiger partial charge >= 0.3 is 0 Å². The monoisotopic (exact) mass is 488 g/mol. The average Bonchev–Trinajstić information content (AvgIpc) is 3.29. The molecule has 4 rings (SSSR count). The molecule has 0 atom stereocenters. The summed E-state index contributed by atoms with van der Waals surface area (Å²) in [6, 6.07) is 16.0. The molecule has 0 spiro atoms. The van der Waals surface area contributed by atoms with Crippen LogP contribution in [-0.4, -0.2) is 28.5 Å². The van der Waals surface area contributed by atoms with Crippen molar-refractivity contribution in [1.82, 2.24) is 4.90 Å². The first-order valence-electron chi connectivity index (χ1n) is 9.21.